The van der Waals surface area contributed by atoms with Crippen LogP contribution < -0.4 is 5.63 Å². The number of nitrogens with zero attached hydrogens (tertiary/aromatic N) is 2. The minimum Gasteiger partial charge on any atom is -0.507 e. The van der Waals surface area contributed by atoms with Crippen molar-refractivity contribution in [2.45, 2.75) is 38.8 Å². The Balaban J connectivity index is 1.76. The van der Waals surface area contributed by atoms with E-state index in [0.717, 1.165) is 31.4 Å². The standard InChI is InChI=1S/C22H22N2O4/c1-14(25)17-11-15-7-8-20(26)18(21(15)28-22(17)27)13-24-10-3-2-6-19(24)16-5-4-9-23-12-16/h4-5,7-9,11-12,19,26H,2-3,6,10,13H2,1H3/t19-/m0/s1. The van der Waals surface area contributed by atoms with Crippen molar-refractivity contribution in [3.63, 3.8) is 0 Å². The van der Waals surface area contributed by atoms with Crippen LogP contribution in [0.2, 0.25) is 0 Å². The molecular formula is C22H22N2O4. The number of Topliss-reactive ketones (excluding diaryl/α,β-unsaturated/α-hetero) is 1. The molecule has 144 valence electrons. The maximum atomic E-state index is 12.2. The summed E-state index contributed by atoms with van der Waals surface area (Å²) in [6, 6.07) is 8.99. The van der Waals surface area contributed by atoms with Gasteiger partial charge in [0.15, 0.2) is 5.78 Å². The van der Waals surface area contributed by atoms with Crippen LogP contribution in [0.25, 0.3) is 11.0 Å². The fourth-order valence-corrected chi connectivity index (χ4v) is 3.96. The number of pyridine rings is 1. The van der Waals surface area contributed by atoms with Gasteiger partial charge in [-0.15, -0.1) is 0 Å². The van der Waals surface area contributed by atoms with E-state index in [1.54, 1.807) is 24.4 Å². The van der Waals surface area contributed by atoms with E-state index in [2.05, 4.69) is 16.0 Å². The van der Waals surface area contributed by atoms with Crippen molar-refractivity contribution in [2.75, 3.05) is 6.54 Å². The zero-order valence-electron chi connectivity index (χ0n) is 15.7. The number of rotatable bonds is 4. The second kappa shape index (κ2) is 7.56. The van der Waals surface area contributed by atoms with Crippen LogP contribution in [0.3, 0.4) is 0 Å². The molecule has 28 heavy (non-hydrogen) atoms. The molecule has 0 amide bonds. The van der Waals surface area contributed by atoms with Crippen LogP contribution in [0.1, 0.15) is 53.7 Å². The zero-order chi connectivity index (χ0) is 19.7. The molecule has 0 saturated carbocycles. The van der Waals surface area contributed by atoms with Crippen molar-refractivity contribution in [3.05, 3.63) is 69.8 Å². The summed E-state index contributed by atoms with van der Waals surface area (Å²) < 4.78 is 5.47. The number of aromatic hydroxyl groups is 1. The largest absolute Gasteiger partial charge is 0.507 e. The molecule has 1 saturated heterocycles. The number of aromatic nitrogens is 1. The molecule has 6 nitrogen and oxygen atoms in total. The van der Waals surface area contributed by atoms with Gasteiger partial charge in [0.1, 0.15) is 16.9 Å². The Bertz CT molecular complexity index is 1080. The minimum absolute atomic E-state index is 0.0235. The molecule has 0 spiro atoms. The first-order valence-electron chi connectivity index (χ1n) is 9.48. The van der Waals surface area contributed by atoms with Crippen LogP contribution in [0.15, 0.2) is 51.9 Å². The highest BCUT2D eigenvalue weighted by molar-refractivity contribution is 5.97. The van der Waals surface area contributed by atoms with Gasteiger partial charge in [-0.25, -0.2) is 4.79 Å². The van der Waals surface area contributed by atoms with E-state index in [-0.39, 0.29) is 23.1 Å². The highest BCUT2D eigenvalue weighted by atomic mass is 16.4. The van der Waals surface area contributed by atoms with E-state index >= 15 is 0 Å². The second-order valence-corrected chi connectivity index (χ2v) is 7.25. The average molecular weight is 378 g/mol. The molecule has 0 radical (unpaired) electrons. The summed E-state index contributed by atoms with van der Waals surface area (Å²) in [5.74, 6) is -0.250. The van der Waals surface area contributed by atoms with Gasteiger partial charge in [0.05, 0.1) is 5.56 Å². The van der Waals surface area contributed by atoms with Crippen molar-refractivity contribution in [3.8, 4) is 5.75 Å². The molecule has 1 N–H and O–H groups in total. The normalized spacial score (nSPS) is 17.7. The van der Waals surface area contributed by atoms with Crippen molar-refractivity contribution in [2.24, 2.45) is 0 Å². The Morgan fingerprint density at radius 1 is 1.32 bits per heavy atom. The maximum Gasteiger partial charge on any atom is 0.347 e. The Morgan fingerprint density at radius 2 is 2.18 bits per heavy atom. The van der Waals surface area contributed by atoms with Gasteiger partial charge in [0.25, 0.3) is 0 Å². The van der Waals surface area contributed by atoms with Crippen LogP contribution >= 0.6 is 0 Å². The lowest BCUT2D eigenvalue weighted by Gasteiger charge is -2.36. The minimum atomic E-state index is -0.672. The van der Waals surface area contributed by atoms with E-state index in [1.807, 2.05) is 12.3 Å². The summed E-state index contributed by atoms with van der Waals surface area (Å²) in [5.41, 5.74) is 1.40. The lowest BCUT2D eigenvalue weighted by molar-refractivity contribution is 0.101. The number of hydrogen-bond donors (Lipinski definition) is 1. The molecular weight excluding hydrogens is 356 g/mol. The van der Waals surface area contributed by atoms with Crippen molar-refractivity contribution < 1.29 is 14.3 Å². The smallest absolute Gasteiger partial charge is 0.347 e. The number of phenolic OH excluding ortho intramolecular Hbond substituents is 1. The molecule has 6 heteroatoms. The molecule has 1 aliphatic rings. The highest BCUT2D eigenvalue weighted by Gasteiger charge is 2.26. The molecule has 3 aromatic rings. The third-order valence-corrected chi connectivity index (χ3v) is 5.40. The summed E-state index contributed by atoms with van der Waals surface area (Å²) in [4.78, 5) is 30.4. The fraction of sp³-hybridized carbons (Fsp3) is 0.318. The summed E-state index contributed by atoms with van der Waals surface area (Å²) in [5, 5.41) is 11.1. The number of hydrogen-bond acceptors (Lipinski definition) is 6. The zero-order valence-corrected chi connectivity index (χ0v) is 15.7. The maximum absolute atomic E-state index is 12.2. The number of carbonyl (C=O) groups excluding carboxylic acids is 1. The summed E-state index contributed by atoms with van der Waals surface area (Å²) in [6.45, 7) is 2.67. The number of carbonyl (C=O) groups is 1. The first kappa shape index (κ1) is 18.4. The van der Waals surface area contributed by atoms with Crippen LogP contribution in [-0.4, -0.2) is 27.3 Å². The number of fused-ring (bicyclic) bond motifs is 1. The van der Waals surface area contributed by atoms with Gasteiger partial charge >= 0.3 is 5.63 Å². The van der Waals surface area contributed by atoms with Gasteiger partial charge < -0.3 is 9.52 Å². The Labute approximate surface area is 162 Å². The first-order chi connectivity index (χ1) is 13.5. The first-order valence-corrected chi connectivity index (χ1v) is 9.48. The van der Waals surface area contributed by atoms with E-state index < -0.39 is 5.63 Å². The van der Waals surface area contributed by atoms with Gasteiger partial charge in [-0.2, -0.15) is 0 Å². The lowest BCUT2D eigenvalue weighted by atomic mass is 9.95. The molecule has 1 fully saturated rings. The Hall–Kier alpha value is -2.99. The molecule has 2 aromatic heterocycles. The third kappa shape index (κ3) is 3.43. The van der Waals surface area contributed by atoms with Crippen LogP contribution in [0.5, 0.6) is 5.75 Å². The average Bonchev–Trinajstić information content (AvgIpc) is 2.71. The van der Waals surface area contributed by atoms with Crippen molar-refractivity contribution >= 4 is 16.8 Å². The number of ketones is 1. The van der Waals surface area contributed by atoms with Gasteiger partial charge in [0, 0.05) is 30.4 Å². The van der Waals surface area contributed by atoms with E-state index in [4.69, 9.17) is 4.42 Å². The number of piperidine rings is 1. The monoisotopic (exact) mass is 378 g/mol. The molecule has 0 aliphatic carbocycles. The quantitative estimate of drug-likeness (QED) is 0.549. The van der Waals surface area contributed by atoms with Crippen LogP contribution in [-0.2, 0) is 6.54 Å². The Kier molecular flexibility index (Phi) is 4.96. The highest BCUT2D eigenvalue weighted by Crippen LogP contribution is 2.35. The summed E-state index contributed by atoms with van der Waals surface area (Å²) in [6.07, 6.45) is 6.85. The molecule has 4 rings (SSSR count). The van der Waals surface area contributed by atoms with Gasteiger partial charge in [-0.05, 0) is 56.1 Å². The van der Waals surface area contributed by atoms with E-state index in [9.17, 15) is 14.7 Å². The fourth-order valence-electron chi connectivity index (χ4n) is 3.96. The predicted molar refractivity (Wildman–Crippen MR) is 105 cm³/mol. The molecule has 0 bridgehead atoms. The van der Waals surface area contributed by atoms with Gasteiger partial charge in [0.2, 0.25) is 0 Å². The summed E-state index contributed by atoms with van der Waals surface area (Å²) in [7, 11) is 0. The van der Waals surface area contributed by atoms with E-state index in [0.29, 0.717) is 23.1 Å². The SMILES string of the molecule is CC(=O)c1cc2ccc(O)c(CN3CCCC[C@H]3c3cccnc3)c2oc1=O. The molecule has 3 heterocycles. The predicted octanol–water partition coefficient (Wildman–Crippen LogP) is 3.82. The van der Waals surface area contributed by atoms with Gasteiger partial charge in [-0.3, -0.25) is 14.7 Å². The molecule has 1 aromatic carbocycles. The number of likely N-dealkylation sites (tertiary alicyclic amines) is 1. The van der Waals surface area contributed by atoms with Crippen LogP contribution in [0, 0.1) is 0 Å². The lowest BCUT2D eigenvalue weighted by Crippen LogP contribution is -2.33. The van der Waals surface area contributed by atoms with E-state index in [1.165, 1.54) is 6.92 Å². The number of phenols is 1. The topological polar surface area (TPSA) is 83.6 Å². The summed E-state index contributed by atoms with van der Waals surface area (Å²) >= 11 is 0. The van der Waals surface area contributed by atoms with Crippen molar-refractivity contribution in [1.82, 2.24) is 9.88 Å². The molecule has 1 atom stereocenters. The third-order valence-electron chi connectivity index (χ3n) is 5.40. The van der Waals surface area contributed by atoms with Crippen LogP contribution in [0.4, 0.5) is 0 Å². The molecule has 0 unspecified atom stereocenters. The van der Waals surface area contributed by atoms with Crippen molar-refractivity contribution in [1.29, 1.82) is 0 Å². The molecule has 1 aliphatic heterocycles. The second-order valence-electron chi connectivity index (χ2n) is 7.25. The number of benzene rings is 1. The van der Waals surface area contributed by atoms with Gasteiger partial charge in [-0.1, -0.05) is 12.5 Å². The Morgan fingerprint density at radius 3 is 2.93 bits per heavy atom.